The normalized spacial score (nSPS) is 13.9. The van der Waals surface area contributed by atoms with E-state index in [0.717, 1.165) is 11.8 Å². The summed E-state index contributed by atoms with van der Waals surface area (Å²) >= 11 is 0. The zero-order valence-corrected chi connectivity index (χ0v) is 14.5. The molecule has 0 aliphatic carbocycles. The van der Waals surface area contributed by atoms with Gasteiger partial charge in [-0.15, -0.1) is 0 Å². The number of nitrogens with zero attached hydrogens (tertiary/aromatic N) is 1. The quantitative estimate of drug-likeness (QED) is 0.511. The van der Waals surface area contributed by atoms with Gasteiger partial charge < -0.3 is 14.1 Å². The lowest BCUT2D eigenvalue weighted by atomic mass is 10.2. The molecule has 2 aromatic carbocycles. The molecule has 1 fully saturated rings. The van der Waals surface area contributed by atoms with E-state index in [-0.39, 0.29) is 11.7 Å². The van der Waals surface area contributed by atoms with Gasteiger partial charge >= 0.3 is 5.97 Å². The van der Waals surface area contributed by atoms with Crippen LogP contribution in [0, 0.1) is 0 Å². The van der Waals surface area contributed by atoms with E-state index in [2.05, 4.69) is 0 Å². The van der Waals surface area contributed by atoms with Crippen LogP contribution in [-0.4, -0.2) is 30.8 Å². The highest BCUT2D eigenvalue weighted by Crippen LogP contribution is 2.23. The molecule has 0 radical (unpaired) electrons. The van der Waals surface area contributed by atoms with Gasteiger partial charge in [0.15, 0.2) is 12.4 Å². The molecule has 0 saturated carbocycles. The minimum Gasteiger partial charge on any atom is -0.454 e. The number of hydrogen-bond acceptors (Lipinski definition) is 5. The van der Waals surface area contributed by atoms with Crippen molar-refractivity contribution in [2.75, 3.05) is 18.1 Å². The highest BCUT2D eigenvalue weighted by Gasteiger charge is 2.23. The predicted octanol–water partition coefficient (Wildman–Crippen LogP) is 3.60. The van der Waals surface area contributed by atoms with Crippen LogP contribution in [0.3, 0.4) is 0 Å². The van der Waals surface area contributed by atoms with Crippen molar-refractivity contribution in [2.45, 2.75) is 12.8 Å². The van der Waals surface area contributed by atoms with Gasteiger partial charge in [-0.3, -0.25) is 9.59 Å². The van der Waals surface area contributed by atoms with E-state index in [1.165, 1.54) is 0 Å². The van der Waals surface area contributed by atoms with Gasteiger partial charge in [0.1, 0.15) is 5.58 Å². The third-order valence-electron chi connectivity index (χ3n) is 4.50. The monoisotopic (exact) mass is 363 g/mol. The number of esters is 1. The number of fused-ring (bicyclic) bond motifs is 1. The molecule has 3 aromatic rings. The lowest BCUT2D eigenvalue weighted by Gasteiger charge is -2.16. The Morgan fingerprint density at radius 1 is 1.07 bits per heavy atom. The lowest BCUT2D eigenvalue weighted by Crippen LogP contribution is -2.24. The van der Waals surface area contributed by atoms with Gasteiger partial charge in [0, 0.05) is 24.0 Å². The summed E-state index contributed by atoms with van der Waals surface area (Å²) in [6.07, 6.45) is 1.32. The molecule has 0 N–H and O–H groups in total. The average molecular weight is 363 g/mol. The van der Waals surface area contributed by atoms with E-state index >= 15 is 0 Å². The Morgan fingerprint density at radius 3 is 2.70 bits per heavy atom. The van der Waals surface area contributed by atoms with E-state index in [4.69, 9.17) is 9.15 Å². The zero-order valence-electron chi connectivity index (χ0n) is 14.5. The maximum atomic E-state index is 12.3. The number of furan rings is 1. The molecule has 136 valence electrons. The number of rotatable bonds is 5. The van der Waals surface area contributed by atoms with Crippen LogP contribution in [0.25, 0.3) is 11.0 Å². The number of para-hydroxylation sites is 1. The van der Waals surface area contributed by atoms with E-state index < -0.39 is 18.4 Å². The number of ether oxygens (including phenoxy) is 1. The fourth-order valence-electron chi connectivity index (χ4n) is 3.13. The van der Waals surface area contributed by atoms with Crippen molar-refractivity contribution in [1.82, 2.24) is 0 Å². The van der Waals surface area contributed by atoms with Crippen LogP contribution in [0.2, 0.25) is 0 Å². The summed E-state index contributed by atoms with van der Waals surface area (Å²) in [6.45, 7) is 0.230. The van der Waals surface area contributed by atoms with E-state index in [0.29, 0.717) is 29.8 Å². The van der Waals surface area contributed by atoms with Gasteiger partial charge in [-0.2, -0.15) is 0 Å². The van der Waals surface area contributed by atoms with Gasteiger partial charge in [0.05, 0.1) is 5.56 Å². The first-order valence-corrected chi connectivity index (χ1v) is 8.71. The summed E-state index contributed by atoms with van der Waals surface area (Å²) < 4.78 is 10.6. The molecule has 0 spiro atoms. The Balaban J connectivity index is 1.43. The standard InChI is InChI=1S/C21H17NO5/c23-17(19-12-14-5-1-2-8-18(14)27-19)13-26-21(25)15-6-3-7-16(11-15)22-10-4-9-20(22)24/h1-3,5-8,11-12H,4,9-10,13H2. The molecular weight excluding hydrogens is 346 g/mol. The number of anilines is 1. The largest absolute Gasteiger partial charge is 0.454 e. The van der Waals surface area contributed by atoms with Crippen molar-refractivity contribution in [3.05, 3.63) is 65.9 Å². The van der Waals surface area contributed by atoms with E-state index in [9.17, 15) is 14.4 Å². The molecule has 0 unspecified atom stereocenters. The first-order valence-electron chi connectivity index (χ1n) is 8.71. The molecular formula is C21H17NO5. The van der Waals surface area contributed by atoms with Gasteiger partial charge in [-0.25, -0.2) is 4.79 Å². The number of amides is 1. The molecule has 0 bridgehead atoms. The molecule has 2 heterocycles. The summed E-state index contributed by atoms with van der Waals surface area (Å²) in [5.41, 5.74) is 1.57. The smallest absolute Gasteiger partial charge is 0.338 e. The molecule has 1 saturated heterocycles. The molecule has 4 rings (SSSR count). The van der Waals surface area contributed by atoms with Crippen molar-refractivity contribution in [3.63, 3.8) is 0 Å². The average Bonchev–Trinajstić information content (AvgIpc) is 3.32. The summed E-state index contributed by atoms with van der Waals surface area (Å²) in [4.78, 5) is 38.0. The lowest BCUT2D eigenvalue weighted by molar-refractivity contribution is -0.117. The fourth-order valence-corrected chi connectivity index (χ4v) is 3.13. The second kappa shape index (κ2) is 7.07. The molecule has 1 aliphatic rings. The fraction of sp³-hybridized carbons (Fsp3) is 0.190. The van der Waals surface area contributed by atoms with Crippen LogP contribution in [0.4, 0.5) is 5.69 Å². The molecule has 27 heavy (non-hydrogen) atoms. The van der Waals surface area contributed by atoms with Crippen LogP contribution in [0.1, 0.15) is 33.8 Å². The van der Waals surface area contributed by atoms with Crippen molar-refractivity contribution in [1.29, 1.82) is 0 Å². The Bertz CT molecular complexity index is 1000. The van der Waals surface area contributed by atoms with Gasteiger partial charge in [0.25, 0.3) is 0 Å². The van der Waals surface area contributed by atoms with Gasteiger partial charge in [-0.1, -0.05) is 24.3 Å². The zero-order chi connectivity index (χ0) is 18.8. The molecule has 1 amide bonds. The summed E-state index contributed by atoms with van der Waals surface area (Å²) in [7, 11) is 0. The number of Topliss-reactive ketones (excluding diaryl/α,β-unsaturated/α-hetero) is 1. The topological polar surface area (TPSA) is 76.8 Å². The molecule has 1 aromatic heterocycles. The second-order valence-electron chi connectivity index (χ2n) is 6.35. The van der Waals surface area contributed by atoms with Crippen molar-refractivity contribution < 1.29 is 23.5 Å². The third kappa shape index (κ3) is 3.46. The van der Waals surface area contributed by atoms with Crippen LogP contribution < -0.4 is 4.90 Å². The Hall–Kier alpha value is -3.41. The highest BCUT2D eigenvalue weighted by molar-refractivity contribution is 6.01. The summed E-state index contributed by atoms with van der Waals surface area (Å²) in [5, 5.41) is 0.815. The predicted molar refractivity (Wildman–Crippen MR) is 98.9 cm³/mol. The van der Waals surface area contributed by atoms with Crippen LogP contribution >= 0.6 is 0 Å². The van der Waals surface area contributed by atoms with Gasteiger partial charge in [-0.05, 0) is 36.8 Å². The minimum absolute atomic E-state index is 0.0422. The Morgan fingerprint density at radius 2 is 1.93 bits per heavy atom. The van der Waals surface area contributed by atoms with Crippen LogP contribution in [0.15, 0.2) is 59.0 Å². The highest BCUT2D eigenvalue weighted by atomic mass is 16.5. The molecule has 6 nitrogen and oxygen atoms in total. The summed E-state index contributed by atoms with van der Waals surface area (Å²) in [5.74, 6) is -0.834. The Kier molecular flexibility index (Phi) is 4.46. The molecule has 1 aliphatic heterocycles. The van der Waals surface area contributed by atoms with E-state index in [1.807, 2.05) is 18.2 Å². The minimum atomic E-state index is -0.618. The number of carbonyl (C=O) groups excluding carboxylic acids is 3. The molecule has 6 heteroatoms. The van der Waals surface area contributed by atoms with Crippen molar-refractivity contribution in [2.24, 2.45) is 0 Å². The van der Waals surface area contributed by atoms with Gasteiger partial charge in [0.2, 0.25) is 11.7 Å². The molecule has 0 atom stereocenters. The number of carbonyl (C=O) groups is 3. The van der Waals surface area contributed by atoms with E-state index in [1.54, 1.807) is 41.3 Å². The van der Waals surface area contributed by atoms with Crippen molar-refractivity contribution >= 4 is 34.3 Å². The SMILES string of the molecule is O=C(OCC(=O)c1cc2ccccc2o1)c1cccc(N2CCCC2=O)c1. The second-order valence-corrected chi connectivity index (χ2v) is 6.35. The third-order valence-corrected chi connectivity index (χ3v) is 4.50. The van der Waals surface area contributed by atoms with Crippen molar-refractivity contribution in [3.8, 4) is 0 Å². The summed E-state index contributed by atoms with van der Waals surface area (Å²) in [6, 6.07) is 15.6. The number of ketones is 1. The maximum absolute atomic E-state index is 12.3. The first kappa shape index (κ1) is 17.0. The maximum Gasteiger partial charge on any atom is 0.338 e. The first-order chi connectivity index (χ1) is 13.1. The number of benzene rings is 2. The van der Waals surface area contributed by atoms with Crippen LogP contribution in [0.5, 0.6) is 0 Å². The Labute approximate surface area is 155 Å². The van der Waals surface area contributed by atoms with Crippen LogP contribution in [-0.2, 0) is 9.53 Å². The number of hydrogen-bond donors (Lipinski definition) is 0.